The maximum absolute atomic E-state index is 12.4. The normalized spacial score (nSPS) is 14.9. The fourth-order valence-corrected chi connectivity index (χ4v) is 2.90. The molecule has 1 heterocycles. The molecule has 0 aliphatic carbocycles. The number of hydrogen-bond donors (Lipinski definition) is 2. The Morgan fingerprint density at radius 3 is 2.68 bits per heavy atom. The molecule has 1 aromatic rings. The molecule has 136 valence electrons. The Hall–Kier alpha value is -2.14. The molecule has 2 rings (SSSR count). The van der Waals surface area contributed by atoms with Crippen molar-refractivity contribution in [2.24, 2.45) is 0 Å². The molecular formula is C20H28N2O3. The number of amides is 1. The summed E-state index contributed by atoms with van der Waals surface area (Å²) < 4.78 is 0. The van der Waals surface area contributed by atoms with E-state index in [1.54, 1.807) is 6.08 Å². The van der Waals surface area contributed by atoms with Crippen molar-refractivity contribution in [3.63, 3.8) is 0 Å². The minimum Gasteiger partial charge on any atom is -0.396 e. The molecule has 0 aromatic heterocycles. The summed E-state index contributed by atoms with van der Waals surface area (Å²) in [7, 11) is 0. The zero-order valence-corrected chi connectivity index (χ0v) is 15.0. The molecule has 1 aromatic carbocycles. The zero-order valence-electron chi connectivity index (χ0n) is 15.0. The van der Waals surface area contributed by atoms with E-state index in [1.165, 1.54) is 0 Å². The van der Waals surface area contributed by atoms with E-state index < -0.39 is 0 Å². The quantitative estimate of drug-likeness (QED) is 0.389. The van der Waals surface area contributed by atoms with E-state index in [4.69, 9.17) is 5.11 Å². The predicted molar refractivity (Wildman–Crippen MR) is 98.3 cm³/mol. The Balaban J connectivity index is 1.87. The summed E-state index contributed by atoms with van der Waals surface area (Å²) in [5, 5.41) is 12.4. The van der Waals surface area contributed by atoms with Crippen LogP contribution in [0.25, 0.3) is 0 Å². The number of carbonyl (C=O) groups excluding carboxylic acids is 2. The van der Waals surface area contributed by atoms with Crippen LogP contribution >= 0.6 is 0 Å². The molecule has 0 saturated carbocycles. The van der Waals surface area contributed by atoms with Gasteiger partial charge in [-0.15, -0.1) is 0 Å². The number of ketones is 1. The summed E-state index contributed by atoms with van der Waals surface area (Å²) >= 11 is 0. The van der Waals surface area contributed by atoms with Crippen LogP contribution in [0.4, 0.5) is 0 Å². The van der Waals surface area contributed by atoms with Crippen LogP contribution in [0.15, 0.2) is 36.0 Å². The van der Waals surface area contributed by atoms with Crippen molar-refractivity contribution in [3.05, 3.63) is 47.2 Å². The number of nitrogens with one attached hydrogen (secondary N) is 1. The number of hydrogen-bond acceptors (Lipinski definition) is 4. The van der Waals surface area contributed by atoms with Gasteiger partial charge in [-0.25, -0.2) is 0 Å². The van der Waals surface area contributed by atoms with E-state index in [2.05, 4.69) is 5.32 Å². The summed E-state index contributed by atoms with van der Waals surface area (Å²) in [5.41, 5.74) is 2.62. The van der Waals surface area contributed by atoms with E-state index in [0.29, 0.717) is 31.4 Å². The van der Waals surface area contributed by atoms with E-state index in [9.17, 15) is 9.59 Å². The summed E-state index contributed by atoms with van der Waals surface area (Å²) in [6.07, 6.45) is 5.35. The molecule has 1 aliphatic heterocycles. The molecule has 1 amide bonds. The Bertz CT molecular complexity index is 608. The van der Waals surface area contributed by atoms with Crippen molar-refractivity contribution in [2.45, 2.75) is 39.0 Å². The van der Waals surface area contributed by atoms with Crippen molar-refractivity contribution in [1.82, 2.24) is 10.2 Å². The summed E-state index contributed by atoms with van der Waals surface area (Å²) in [6, 6.07) is 7.51. The molecule has 0 atom stereocenters. The Kier molecular flexibility index (Phi) is 7.67. The van der Waals surface area contributed by atoms with Crippen LogP contribution in [0, 0.1) is 6.92 Å². The zero-order chi connectivity index (χ0) is 18.1. The fourth-order valence-electron chi connectivity index (χ4n) is 2.90. The average molecular weight is 344 g/mol. The molecule has 5 nitrogen and oxygen atoms in total. The molecule has 0 unspecified atom stereocenters. The first kappa shape index (κ1) is 19.2. The second-order valence-corrected chi connectivity index (χ2v) is 6.49. The van der Waals surface area contributed by atoms with E-state index in [-0.39, 0.29) is 18.3 Å². The highest BCUT2D eigenvalue weighted by atomic mass is 16.3. The van der Waals surface area contributed by atoms with Crippen LogP contribution in [0.1, 0.15) is 48.0 Å². The van der Waals surface area contributed by atoms with Crippen molar-refractivity contribution in [1.29, 1.82) is 0 Å². The first-order valence-electron chi connectivity index (χ1n) is 9.04. The monoisotopic (exact) mass is 344 g/mol. The lowest BCUT2D eigenvalue weighted by molar-refractivity contribution is -0.127. The van der Waals surface area contributed by atoms with Gasteiger partial charge in [0.25, 0.3) is 0 Å². The Morgan fingerprint density at radius 1 is 1.28 bits per heavy atom. The molecule has 25 heavy (non-hydrogen) atoms. The fraction of sp³-hybridized carbons (Fsp3) is 0.500. The number of aliphatic hydroxyl groups is 1. The second kappa shape index (κ2) is 9.99. The van der Waals surface area contributed by atoms with Gasteiger partial charge in [0.05, 0.1) is 0 Å². The molecule has 2 N–H and O–H groups in total. The van der Waals surface area contributed by atoms with Crippen molar-refractivity contribution >= 4 is 11.7 Å². The van der Waals surface area contributed by atoms with Gasteiger partial charge >= 0.3 is 0 Å². The SMILES string of the molecule is Cc1ccc(C(=O)/C=C(\CCCO)NCCCN2CCCC2=O)cc1. The van der Waals surface area contributed by atoms with Crippen LogP contribution in [0.3, 0.4) is 0 Å². The van der Waals surface area contributed by atoms with Crippen molar-refractivity contribution < 1.29 is 14.7 Å². The summed E-state index contributed by atoms with van der Waals surface area (Å²) in [5.74, 6) is 0.209. The minimum absolute atomic E-state index is 0.0323. The van der Waals surface area contributed by atoms with Crippen LogP contribution in [0.5, 0.6) is 0 Å². The highest BCUT2D eigenvalue weighted by Crippen LogP contribution is 2.11. The maximum atomic E-state index is 12.4. The number of benzene rings is 1. The van der Waals surface area contributed by atoms with Gasteiger partial charge in [-0.2, -0.15) is 0 Å². The number of nitrogens with zero attached hydrogens (tertiary/aromatic N) is 1. The second-order valence-electron chi connectivity index (χ2n) is 6.49. The molecular weight excluding hydrogens is 316 g/mol. The molecule has 1 aliphatic rings. The smallest absolute Gasteiger partial charge is 0.222 e. The van der Waals surface area contributed by atoms with E-state index >= 15 is 0 Å². The van der Waals surface area contributed by atoms with Crippen molar-refractivity contribution in [2.75, 3.05) is 26.2 Å². The number of aryl methyl sites for hydroxylation is 1. The summed E-state index contributed by atoms with van der Waals surface area (Å²) in [4.78, 5) is 25.9. The first-order valence-corrected chi connectivity index (χ1v) is 9.04. The van der Waals surface area contributed by atoms with E-state index in [1.807, 2.05) is 36.1 Å². The van der Waals surface area contributed by atoms with Crippen LogP contribution in [0.2, 0.25) is 0 Å². The lowest BCUT2D eigenvalue weighted by Crippen LogP contribution is -2.28. The molecule has 1 saturated heterocycles. The molecule has 1 fully saturated rings. The summed E-state index contributed by atoms with van der Waals surface area (Å²) in [6.45, 7) is 4.41. The number of allylic oxidation sites excluding steroid dienone is 2. The molecule has 0 spiro atoms. The number of likely N-dealkylation sites (tertiary alicyclic amines) is 1. The standard InChI is InChI=1S/C20H28N2O3/c1-16-7-9-17(10-8-16)19(24)15-18(5-3-14-23)21-11-4-13-22-12-2-6-20(22)25/h7-10,15,21,23H,2-6,11-14H2,1H3/b18-15+. The predicted octanol–water partition coefficient (Wildman–Crippen LogP) is 2.44. The minimum atomic E-state index is -0.0323. The first-order chi connectivity index (χ1) is 12.1. The van der Waals surface area contributed by atoms with Crippen LogP contribution in [-0.2, 0) is 4.79 Å². The number of rotatable bonds is 10. The number of aliphatic hydroxyl groups excluding tert-OH is 1. The number of carbonyl (C=O) groups is 2. The largest absolute Gasteiger partial charge is 0.396 e. The van der Waals surface area contributed by atoms with Gasteiger partial charge < -0.3 is 15.3 Å². The van der Waals surface area contributed by atoms with Gasteiger partial charge in [-0.05, 0) is 32.6 Å². The third-order valence-electron chi connectivity index (χ3n) is 4.37. The van der Waals surface area contributed by atoms with Gasteiger partial charge in [0.2, 0.25) is 5.91 Å². The third-order valence-corrected chi connectivity index (χ3v) is 4.37. The highest BCUT2D eigenvalue weighted by molar-refractivity contribution is 6.04. The third kappa shape index (κ3) is 6.35. The van der Waals surface area contributed by atoms with Gasteiger partial charge in [0.1, 0.15) is 0 Å². The average Bonchev–Trinajstić information content (AvgIpc) is 3.01. The molecule has 0 bridgehead atoms. The lowest BCUT2D eigenvalue weighted by Gasteiger charge is -2.16. The molecule has 5 heteroatoms. The van der Waals surface area contributed by atoms with Crippen molar-refractivity contribution in [3.8, 4) is 0 Å². The highest BCUT2D eigenvalue weighted by Gasteiger charge is 2.18. The van der Waals surface area contributed by atoms with Gasteiger partial charge in [0, 0.05) is 50.0 Å². The maximum Gasteiger partial charge on any atom is 0.222 e. The Labute approximate surface area is 149 Å². The topological polar surface area (TPSA) is 69.6 Å². The van der Waals surface area contributed by atoms with Gasteiger partial charge in [0.15, 0.2) is 5.78 Å². The van der Waals surface area contributed by atoms with Gasteiger partial charge in [-0.3, -0.25) is 9.59 Å². The van der Waals surface area contributed by atoms with Crippen LogP contribution in [-0.4, -0.2) is 47.9 Å². The van der Waals surface area contributed by atoms with Crippen LogP contribution < -0.4 is 5.32 Å². The lowest BCUT2D eigenvalue weighted by atomic mass is 10.1. The Morgan fingerprint density at radius 2 is 2.04 bits per heavy atom. The molecule has 0 radical (unpaired) electrons. The van der Waals surface area contributed by atoms with E-state index in [0.717, 1.165) is 37.2 Å². The van der Waals surface area contributed by atoms with Gasteiger partial charge in [-0.1, -0.05) is 29.8 Å².